The minimum absolute atomic E-state index is 0.340. The van der Waals surface area contributed by atoms with Crippen molar-refractivity contribution in [1.82, 2.24) is 20.1 Å². The Morgan fingerprint density at radius 3 is 3.13 bits per heavy atom. The molecule has 1 aromatic rings. The number of ether oxygens (including phenoxy) is 1. The molecular weight excluding hydrogens is 192 g/mol. The van der Waals surface area contributed by atoms with E-state index in [-0.39, 0.29) is 0 Å². The lowest BCUT2D eigenvalue weighted by molar-refractivity contribution is 0.187. The molecule has 2 heterocycles. The summed E-state index contributed by atoms with van der Waals surface area (Å²) in [6.45, 7) is 7.54. The second kappa shape index (κ2) is 4.72. The lowest BCUT2D eigenvalue weighted by atomic mass is 10.0. The van der Waals surface area contributed by atoms with Crippen molar-refractivity contribution in [2.24, 2.45) is 0 Å². The first kappa shape index (κ1) is 10.6. The SMILES string of the molecule is CCNC1COCC1c1ncnn1CC. The second-order valence-corrected chi connectivity index (χ2v) is 3.74. The van der Waals surface area contributed by atoms with Crippen LogP contribution in [0.4, 0.5) is 0 Å². The number of nitrogens with one attached hydrogen (secondary N) is 1. The summed E-state index contributed by atoms with van der Waals surface area (Å²) < 4.78 is 7.45. The largest absolute Gasteiger partial charge is 0.379 e. The first-order chi connectivity index (χ1) is 7.36. The van der Waals surface area contributed by atoms with Crippen LogP contribution in [0.3, 0.4) is 0 Å². The third-order valence-electron chi connectivity index (χ3n) is 2.82. The van der Waals surface area contributed by atoms with Crippen LogP contribution in [0.15, 0.2) is 6.33 Å². The molecule has 84 valence electrons. The highest BCUT2D eigenvalue weighted by Gasteiger charge is 2.32. The summed E-state index contributed by atoms with van der Waals surface area (Å²) in [5, 5.41) is 7.62. The van der Waals surface area contributed by atoms with Crippen LogP contribution in [0.25, 0.3) is 0 Å². The Bertz CT molecular complexity index is 312. The minimum Gasteiger partial charge on any atom is -0.379 e. The third kappa shape index (κ3) is 2.03. The zero-order valence-corrected chi connectivity index (χ0v) is 9.31. The Morgan fingerprint density at radius 1 is 1.53 bits per heavy atom. The van der Waals surface area contributed by atoms with Gasteiger partial charge in [-0.2, -0.15) is 5.10 Å². The molecule has 1 aliphatic rings. The third-order valence-corrected chi connectivity index (χ3v) is 2.82. The van der Waals surface area contributed by atoms with E-state index in [4.69, 9.17) is 4.74 Å². The number of aromatic nitrogens is 3. The van der Waals surface area contributed by atoms with E-state index in [2.05, 4.69) is 29.2 Å². The van der Waals surface area contributed by atoms with Gasteiger partial charge in [-0.15, -0.1) is 0 Å². The van der Waals surface area contributed by atoms with E-state index >= 15 is 0 Å². The van der Waals surface area contributed by atoms with Gasteiger partial charge in [-0.3, -0.25) is 0 Å². The summed E-state index contributed by atoms with van der Waals surface area (Å²) in [6, 6.07) is 0.379. The molecule has 2 unspecified atom stereocenters. The Hall–Kier alpha value is -0.940. The van der Waals surface area contributed by atoms with E-state index in [1.807, 2.05) is 4.68 Å². The van der Waals surface area contributed by atoms with Crippen LogP contribution in [-0.2, 0) is 11.3 Å². The Labute approximate surface area is 89.8 Å². The van der Waals surface area contributed by atoms with Crippen molar-refractivity contribution in [1.29, 1.82) is 0 Å². The van der Waals surface area contributed by atoms with Gasteiger partial charge in [-0.1, -0.05) is 6.92 Å². The number of likely N-dealkylation sites (N-methyl/N-ethyl adjacent to an activating group) is 1. The summed E-state index contributed by atoms with van der Waals surface area (Å²) in [6.07, 6.45) is 1.63. The molecule has 2 atom stereocenters. The Balaban J connectivity index is 2.15. The highest BCUT2D eigenvalue weighted by molar-refractivity contribution is 5.04. The average molecular weight is 210 g/mol. The maximum atomic E-state index is 5.50. The summed E-state index contributed by atoms with van der Waals surface area (Å²) in [5.74, 6) is 1.38. The van der Waals surface area contributed by atoms with E-state index in [1.54, 1.807) is 6.33 Å². The molecule has 1 fully saturated rings. The standard InChI is InChI=1S/C10H18N4O/c1-3-11-9-6-15-5-8(9)10-12-7-13-14(10)4-2/h7-9,11H,3-6H2,1-2H3. The van der Waals surface area contributed by atoms with Crippen LogP contribution in [0.5, 0.6) is 0 Å². The summed E-state index contributed by atoms with van der Waals surface area (Å²) >= 11 is 0. The van der Waals surface area contributed by atoms with Crippen molar-refractivity contribution in [3.8, 4) is 0 Å². The van der Waals surface area contributed by atoms with Crippen molar-refractivity contribution in [3.05, 3.63) is 12.2 Å². The van der Waals surface area contributed by atoms with Crippen molar-refractivity contribution in [2.75, 3.05) is 19.8 Å². The van der Waals surface area contributed by atoms with Crippen LogP contribution in [0, 0.1) is 0 Å². The van der Waals surface area contributed by atoms with E-state index < -0.39 is 0 Å². The lowest BCUT2D eigenvalue weighted by Gasteiger charge is -2.17. The number of nitrogens with zero attached hydrogens (tertiary/aromatic N) is 3. The summed E-state index contributed by atoms with van der Waals surface area (Å²) in [4.78, 5) is 4.33. The molecule has 0 radical (unpaired) electrons. The quantitative estimate of drug-likeness (QED) is 0.781. The maximum Gasteiger partial charge on any atom is 0.138 e. The normalized spacial score (nSPS) is 26.0. The van der Waals surface area contributed by atoms with Crippen molar-refractivity contribution < 1.29 is 4.74 Å². The molecule has 15 heavy (non-hydrogen) atoms. The molecule has 0 spiro atoms. The van der Waals surface area contributed by atoms with Gasteiger partial charge in [0.2, 0.25) is 0 Å². The molecule has 0 aliphatic carbocycles. The van der Waals surface area contributed by atoms with Gasteiger partial charge >= 0.3 is 0 Å². The fourth-order valence-electron chi connectivity index (χ4n) is 2.08. The molecule has 0 bridgehead atoms. The predicted octanol–water partition coefficient (Wildman–Crippen LogP) is 0.390. The van der Waals surface area contributed by atoms with E-state index in [9.17, 15) is 0 Å². The van der Waals surface area contributed by atoms with Crippen LogP contribution >= 0.6 is 0 Å². The fourth-order valence-corrected chi connectivity index (χ4v) is 2.08. The number of hydrogen-bond donors (Lipinski definition) is 1. The van der Waals surface area contributed by atoms with Crippen molar-refractivity contribution in [2.45, 2.75) is 32.4 Å². The maximum absolute atomic E-state index is 5.50. The van der Waals surface area contributed by atoms with Crippen LogP contribution in [-0.4, -0.2) is 40.6 Å². The van der Waals surface area contributed by atoms with Gasteiger partial charge in [0.25, 0.3) is 0 Å². The van der Waals surface area contributed by atoms with Crippen LogP contribution < -0.4 is 5.32 Å². The topological polar surface area (TPSA) is 52.0 Å². The van der Waals surface area contributed by atoms with Crippen molar-refractivity contribution >= 4 is 0 Å². The number of rotatable bonds is 4. The second-order valence-electron chi connectivity index (χ2n) is 3.74. The number of hydrogen-bond acceptors (Lipinski definition) is 4. The first-order valence-electron chi connectivity index (χ1n) is 5.55. The van der Waals surface area contributed by atoms with Crippen LogP contribution in [0.1, 0.15) is 25.6 Å². The molecule has 1 aromatic heterocycles. The average Bonchev–Trinajstić information content (AvgIpc) is 2.84. The van der Waals surface area contributed by atoms with Gasteiger partial charge in [0.15, 0.2) is 0 Å². The van der Waals surface area contributed by atoms with Gasteiger partial charge in [0.1, 0.15) is 12.2 Å². The smallest absolute Gasteiger partial charge is 0.138 e. The minimum atomic E-state index is 0.340. The molecule has 0 aromatic carbocycles. The van der Waals surface area contributed by atoms with Gasteiger partial charge in [-0.25, -0.2) is 9.67 Å². The lowest BCUT2D eigenvalue weighted by Crippen LogP contribution is -2.35. The first-order valence-corrected chi connectivity index (χ1v) is 5.55. The summed E-state index contributed by atoms with van der Waals surface area (Å²) in [7, 11) is 0. The molecule has 1 aliphatic heterocycles. The predicted molar refractivity (Wildman–Crippen MR) is 56.7 cm³/mol. The van der Waals surface area contributed by atoms with Gasteiger partial charge in [0.05, 0.1) is 19.1 Å². The number of aryl methyl sites for hydroxylation is 1. The molecule has 2 rings (SSSR count). The van der Waals surface area contributed by atoms with Gasteiger partial charge in [-0.05, 0) is 13.5 Å². The Kier molecular flexibility index (Phi) is 3.33. The highest BCUT2D eigenvalue weighted by atomic mass is 16.5. The molecular formula is C10H18N4O. The molecule has 5 nitrogen and oxygen atoms in total. The molecule has 1 saturated heterocycles. The monoisotopic (exact) mass is 210 g/mol. The molecule has 0 amide bonds. The molecule has 0 saturated carbocycles. The fraction of sp³-hybridized carbons (Fsp3) is 0.800. The highest BCUT2D eigenvalue weighted by Crippen LogP contribution is 2.23. The van der Waals surface area contributed by atoms with E-state index in [0.29, 0.717) is 12.0 Å². The van der Waals surface area contributed by atoms with E-state index in [1.165, 1.54) is 0 Å². The van der Waals surface area contributed by atoms with E-state index in [0.717, 1.165) is 32.1 Å². The molecule has 5 heteroatoms. The zero-order valence-electron chi connectivity index (χ0n) is 9.31. The zero-order chi connectivity index (χ0) is 10.7. The molecule has 1 N–H and O–H groups in total. The van der Waals surface area contributed by atoms with Crippen molar-refractivity contribution in [3.63, 3.8) is 0 Å². The Morgan fingerprint density at radius 2 is 2.40 bits per heavy atom. The van der Waals surface area contributed by atoms with Gasteiger partial charge < -0.3 is 10.1 Å². The summed E-state index contributed by atoms with van der Waals surface area (Å²) in [5.41, 5.74) is 0. The van der Waals surface area contributed by atoms with Gasteiger partial charge in [0, 0.05) is 12.6 Å². The van der Waals surface area contributed by atoms with Crippen LogP contribution in [0.2, 0.25) is 0 Å².